The van der Waals surface area contributed by atoms with E-state index in [-0.39, 0.29) is 5.92 Å². The number of nitrogens with zero attached hydrogens (tertiary/aromatic N) is 1. The highest BCUT2D eigenvalue weighted by Crippen LogP contribution is 2.22. The Labute approximate surface area is 98.8 Å². The van der Waals surface area contributed by atoms with Crippen molar-refractivity contribution in [3.8, 4) is 0 Å². The first-order chi connectivity index (χ1) is 7.49. The van der Waals surface area contributed by atoms with E-state index in [2.05, 4.69) is 25.7 Å². The fraction of sp³-hybridized carbons (Fsp3) is 0.923. The van der Waals surface area contributed by atoms with Gasteiger partial charge in [0.15, 0.2) is 0 Å². The first-order valence-corrected chi connectivity index (χ1v) is 6.44. The first kappa shape index (κ1) is 13.5. The molecule has 0 aromatic heterocycles. The minimum absolute atomic E-state index is 0.150. The summed E-state index contributed by atoms with van der Waals surface area (Å²) in [6, 6.07) is 0. The molecule has 3 nitrogen and oxygen atoms in total. The molecule has 1 heterocycles. The number of rotatable bonds is 5. The molecule has 0 aromatic carbocycles. The number of likely N-dealkylation sites (tertiary alicyclic amines) is 1. The Kier molecular flexibility index (Phi) is 5.26. The summed E-state index contributed by atoms with van der Waals surface area (Å²) in [5.74, 6) is 0.495. The van der Waals surface area contributed by atoms with Crippen molar-refractivity contribution in [1.29, 1.82) is 0 Å². The molecule has 94 valence electrons. The quantitative estimate of drug-likeness (QED) is 0.784. The summed E-state index contributed by atoms with van der Waals surface area (Å²) in [6.45, 7) is 9.51. The fourth-order valence-corrected chi connectivity index (χ4v) is 2.55. The summed E-state index contributed by atoms with van der Waals surface area (Å²) >= 11 is 0. The van der Waals surface area contributed by atoms with Gasteiger partial charge in [-0.15, -0.1) is 0 Å². The van der Waals surface area contributed by atoms with Crippen molar-refractivity contribution in [2.24, 2.45) is 17.8 Å². The van der Waals surface area contributed by atoms with E-state index in [4.69, 9.17) is 5.11 Å². The molecule has 1 N–H and O–H groups in total. The van der Waals surface area contributed by atoms with Gasteiger partial charge in [0.2, 0.25) is 0 Å². The van der Waals surface area contributed by atoms with Gasteiger partial charge in [0.05, 0.1) is 5.92 Å². The molecule has 16 heavy (non-hydrogen) atoms. The summed E-state index contributed by atoms with van der Waals surface area (Å²) in [6.07, 6.45) is 3.27. The number of carbonyl (C=O) groups is 1. The third-order valence-electron chi connectivity index (χ3n) is 3.34. The van der Waals surface area contributed by atoms with Crippen LogP contribution in [0.5, 0.6) is 0 Å². The number of hydrogen-bond donors (Lipinski definition) is 1. The molecule has 1 aliphatic rings. The Morgan fingerprint density at radius 1 is 1.44 bits per heavy atom. The van der Waals surface area contributed by atoms with Crippen molar-refractivity contribution >= 4 is 5.97 Å². The summed E-state index contributed by atoms with van der Waals surface area (Å²) in [5.41, 5.74) is 0. The number of carboxylic acid groups (broad SMARTS) is 1. The zero-order valence-electron chi connectivity index (χ0n) is 10.8. The number of carboxylic acids is 1. The van der Waals surface area contributed by atoms with Crippen LogP contribution in [0.1, 0.15) is 40.0 Å². The van der Waals surface area contributed by atoms with Crippen LogP contribution in [-0.4, -0.2) is 35.6 Å². The molecule has 1 fully saturated rings. The molecule has 0 aromatic rings. The van der Waals surface area contributed by atoms with E-state index >= 15 is 0 Å². The van der Waals surface area contributed by atoms with Crippen LogP contribution in [0.4, 0.5) is 0 Å². The summed E-state index contributed by atoms with van der Waals surface area (Å²) in [4.78, 5) is 13.3. The van der Waals surface area contributed by atoms with Crippen LogP contribution in [0.3, 0.4) is 0 Å². The molecular weight excluding hydrogens is 202 g/mol. The molecule has 0 aliphatic carbocycles. The smallest absolute Gasteiger partial charge is 0.307 e. The van der Waals surface area contributed by atoms with Gasteiger partial charge in [0.1, 0.15) is 0 Å². The Morgan fingerprint density at radius 3 is 2.69 bits per heavy atom. The van der Waals surface area contributed by atoms with Gasteiger partial charge in [-0.05, 0) is 37.6 Å². The zero-order chi connectivity index (χ0) is 12.1. The Morgan fingerprint density at radius 2 is 2.12 bits per heavy atom. The normalized spacial score (nSPS) is 27.2. The van der Waals surface area contributed by atoms with Gasteiger partial charge in [-0.3, -0.25) is 4.79 Å². The molecule has 0 radical (unpaired) electrons. The minimum atomic E-state index is -0.625. The van der Waals surface area contributed by atoms with E-state index < -0.39 is 5.97 Å². The SMILES string of the molecule is CC(C)CCCN1CC(C)CC(C(=O)O)C1. The van der Waals surface area contributed by atoms with E-state index in [1.165, 1.54) is 12.8 Å². The van der Waals surface area contributed by atoms with Crippen LogP contribution in [-0.2, 0) is 4.79 Å². The molecule has 0 bridgehead atoms. The molecule has 0 spiro atoms. The van der Waals surface area contributed by atoms with E-state index in [9.17, 15) is 4.79 Å². The highest BCUT2D eigenvalue weighted by Gasteiger charge is 2.28. The molecule has 0 saturated carbocycles. The average molecular weight is 227 g/mol. The Bertz CT molecular complexity index is 228. The molecule has 0 amide bonds. The molecule has 2 atom stereocenters. The van der Waals surface area contributed by atoms with Crippen molar-refractivity contribution in [3.05, 3.63) is 0 Å². The molecule has 2 unspecified atom stereocenters. The lowest BCUT2D eigenvalue weighted by molar-refractivity contribution is -0.144. The lowest BCUT2D eigenvalue weighted by Crippen LogP contribution is -2.42. The van der Waals surface area contributed by atoms with Crippen molar-refractivity contribution in [1.82, 2.24) is 4.90 Å². The third kappa shape index (κ3) is 4.52. The number of hydrogen-bond acceptors (Lipinski definition) is 2. The Hall–Kier alpha value is -0.570. The van der Waals surface area contributed by atoms with Crippen molar-refractivity contribution in [3.63, 3.8) is 0 Å². The van der Waals surface area contributed by atoms with E-state index in [0.29, 0.717) is 5.92 Å². The Balaban J connectivity index is 2.33. The standard InChI is InChI=1S/C13H25NO2/c1-10(2)5-4-6-14-8-11(3)7-12(9-14)13(15)16/h10-12H,4-9H2,1-3H3,(H,15,16). The van der Waals surface area contributed by atoms with E-state index in [0.717, 1.165) is 32.0 Å². The van der Waals surface area contributed by atoms with Gasteiger partial charge in [0, 0.05) is 13.1 Å². The lowest BCUT2D eigenvalue weighted by Gasteiger charge is -2.34. The van der Waals surface area contributed by atoms with Crippen LogP contribution in [0.25, 0.3) is 0 Å². The van der Waals surface area contributed by atoms with Gasteiger partial charge in [-0.25, -0.2) is 0 Å². The van der Waals surface area contributed by atoms with Crippen molar-refractivity contribution in [2.75, 3.05) is 19.6 Å². The highest BCUT2D eigenvalue weighted by atomic mass is 16.4. The number of piperidine rings is 1. The van der Waals surface area contributed by atoms with Crippen molar-refractivity contribution in [2.45, 2.75) is 40.0 Å². The fourth-order valence-electron chi connectivity index (χ4n) is 2.55. The van der Waals surface area contributed by atoms with E-state index in [1.54, 1.807) is 0 Å². The average Bonchev–Trinajstić information content (AvgIpc) is 2.16. The topological polar surface area (TPSA) is 40.5 Å². The first-order valence-electron chi connectivity index (χ1n) is 6.44. The van der Waals surface area contributed by atoms with E-state index in [1.807, 2.05) is 0 Å². The molecule has 1 rings (SSSR count). The second-order valence-electron chi connectivity index (χ2n) is 5.67. The lowest BCUT2D eigenvalue weighted by atomic mass is 9.90. The summed E-state index contributed by atoms with van der Waals surface area (Å²) in [7, 11) is 0. The molecular formula is C13H25NO2. The van der Waals surface area contributed by atoms with Crippen LogP contribution >= 0.6 is 0 Å². The van der Waals surface area contributed by atoms with Crippen molar-refractivity contribution < 1.29 is 9.90 Å². The van der Waals surface area contributed by atoms with Gasteiger partial charge in [-0.1, -0.05) is 20.8 Å². The zero-order valence-corrected chi connectivity index (χ0v) is 10.8. The van der Waals surface area contributed by atoms with Crippen LogP contribution < -0.4 is 0 Å². The van der Waals surface area contributed by atoms with Crippen LogP contribution in [0.15, 0.2) is 0 Å². The largest absolute Gasteiger partial charge is 0.481 e. The van der Waals surface area contributed by atoms with Gasteiger partial charge < -0.3 is 10.0 Å². The van der Waals surface area contributed by atoms with Gasteiger partial charge >= 0.3 is 5.97 Å². The molecule has 1 saturated heterocycles. The maximum Gasteiger partial charge on any atom is 0.307 e. The van der Waals surface area contributed by atoms with Crippen LogP contribution in [0.2, 0.25) is 0 Å². The molecule has 3 heteroatoms. The summed E-state index contributed by atoms with van der Waals surface area (Å²) < 4.78 is 0. The highest BCUT2D eigenvalue weighted by molar-refractivity contribution is 5.70. The maximum absolute atomic E-state index is 11.0. The summed E-state index contributed by atoms with van der Waals surface area (Å²) in [5, 5.41) is 9.06. The van der Waals surface area contributed by atoms with Gasteiger partial charge in [-0.2, -0.15) is 0 Å². The minimum Gasteiger partial charge on any atom is -0.481 e. The predicted octanol–water partition coefficient (Wildman–Crippen LogP) is 2.47. The van der Waals surface area contributed by atoms with Crippen LogP contribution in [0, 0.1) is 17.8 Å². The second-order valence-corrected chi connectivity index (χ2v) is 5.67. The van der Waals surface area contributed by atoms with Gasteiger partial charge in [0.25, 0.3) is 0 Å². The monoisotopic (exact) mass is 227 g/mol. The second kappa shape index (κ2) is 6.24. The molecule has 1 aliphatic heterocycles. The maximum atomic E-state index is 11.0. The number of aliphatic carboxylic acids is 1. The predicted molar refractivity (Wildman–Crippen MR) is 65.4 cm³/mol. The third-order valence-corrected chi connectivity index (χ3v) is 3.34.